The van der Waals surface area contributed by atoms with Gasteiger partial charge in [-0.25, -0.2) is 14.1 Å². The Hall–Kier alpha value is -3.99. The number of aromatic amines is 1. The first-order valence-electron chi connectivity index (χ1n) is 13.3. The second kappa shape index (κ2) is 12.5. The summed E-state index contributed by atoms with van der Waals surface area (Å²) >= 11 is 0. The van der Waals surface area contributed by atoms with Crippen molar-refractivity contribution in [1.29, 1.82) is 0 Å². The number of aromatic nitrogens is 1. The molecule has 0 fully saturated rings. The lowest BCUT2D eigenvalue weighted by Crippen LogP contribution is -2.43. The molecule has 2 heterocycles. The van der Waals surface area contributed by atoms with Crippen LogP contribution in [0.3, 0.4) is 0 Å². The maximum atomic E-state index is 14.2. The highest BCUT2D eigenvalue weighted by molar-refractivity contribution is 6.42. The van der Waals surface area contributed by atoms with Gasteiger partial charge < -0.3 is 25.3 Å². The largest absolute Gasteiger partial charge is 0.444 e. The molecule has 1 aromatic heterocycles. The lowest BCUT2D eigenvalue weighted by molar-refractivity contribution is -0.123. The third-order valence-corrected chi connectivity index (χ3v) is 6.56. The number of alkyl carbamates (subject to hydrolysis) is 1. The summed E-state index contributed by atoms with van der Waals surface area (Å²) in [5.74, 6) is -2.20. The molecule has 0 saturated heterocycles. The summed E-state index contributed by atoms with van der Waals surface area (Å²) in [4.78, 5) is 57.7. The summed E-state index contributed by atoms with van der Waals surface area (Å²) in [5, 5.41) is 5.30. The molecule has 0 spiro atoms. The predicted molar refractivity (Wildman–Crippen MR) is 151 cm³/mol. The third kappa shape index (κ3) is 6.95. The molecule has 0 atom stereocenters. The van der Waals surface area contributed by atoms with E-state index < -0.39 is 35.9 Å². The fourth-order valence-electron chi connectivity index (χ4n) is 4.55. The molecule has 2 aromatic rings. The van der Waals surface area contributed by atoms with E-state index in [0.717, 1.165) is 30.6 Å². The highest BCUT2D eigenvalue weighted by atomic mass is 19.1. The van der Waals surface area contributed by atoms with Crippen molar-refractivity contribution in [3.8, 4) is 0 Å². The van der Waals surface area contributed by atoms with Crippen molar-refractivity contribution >= 4 is 41.2 Å². The first-order chi connectivity index (χ1) is 18.8. The van der Waals surface area contributed by atoms with Gasteiger partial charge in [-0.05, 0) is 77.5 Å². The minimum atomic E-state index is -0.803. The second-order valence-electron chi connectivity index (χ2n) is 10.6. The van der Waals surface area contributed by atoms with Crippen LogP contribution in [0.25, 0.3) is 11.6 Å². The molecule has 0 unspecified atom stereocenters. The Balaban J connectivity index is 1.87. The maximum Gasteiger partial charge on any atom is 0.408 e. The number of aryl methyl sites for hydroxylation is 1. The van der Waals surface area contributed by atoms with Crippen LogP contribution in [0.4, 0.5) is 14.9 Å². The number of carbonyl (C=O) groups excluding carboxylic acids is 4. The number of benzene rings is 1. The number of likely N-dealkylation sites (N-methyl/N-ethyl adjacent to an activating group) is 1. The summed E-state index contributed by atoms with van der Waals surface area (Å²) in [7, 11) is 0. The fraction of sp³-hybridized carbons (Fsp3) is 0.448. The zero-order valence-corrected chi connectivity index (χ0v) is 24.2. The van der Waals surface area contributed by atoms with E-state index in [9.17, 15) is 23.6 Å². The number of hydrogen-bond acceptors (Lipinski definition) is 6. The zero-order chi connectivity index (χ0) is 29.8. The van der Waals surface area contributed by atoms with Crippen molar-refractivity contribution in [2.45, 2.75) is 54.1 Å². The Morgan fingerprint density at radius 3 is 2.42 bits per heavy atom. The molecule has 40 heavy (non-hydrogen) atoms. The Kier molecular flexibility index (Phi) is 9.52. The van der Waals surface area contributed by atoms with Gasteiger partial charge in [-0.15, -0.1) is 0 Å². The molecule has 216 valence electrons. The Morgan fingerprint density at radius 1 is 1.12 bits per heavy atom. The predicted octanol–water partition coefficient (Wildman–Crippen LogP) is 3.78. The van der Waals surface area contributed by atoms with Crippen molar-refractivity contribution in [1.82, 2.24) is 20.5 Å². The summed E-state index contributed by atoms with van der Waals surface area (Å²) in [6.45, 7) is 15.2. The van der Waals surface area contributed by atoms with Crippen molar-refractivity contribution < 1.29 is 28.3 Å². The molecule has 4 amide bonds. The topological polar surface area (TPSA) is 124 Å². The van der Waals surface area contributed by atoms with E-state index in [-0.39, 0.29) is 22.7 Å². The van der Waals surface area contributed by atoms with Gasteiger partial charge in [0.2, 0.25) is 0 Å². The number of ether oxygens (including phenoxy) is 1. The molecule has 0 radical (unpaired) electrons. The highest BCUT2D eigenvalue weighted by Crippen LogP contribution is 2.39. The minimum Gasteiger partial charge on any atom is -0.444 e. The van der Waals surface area contributed by atoms with Crippen LogP contribution >= 0.6 is 0 Å². The number of carbonyl (C=O) groups is 4. The van der Waals surface area contributed by atoms with Gasteiger partial charge in [-0.2, -0.15) is 0 Å². The van der Waals surface area contributed by atoms with Gasteiger partial charge in [0.05, 0.1) is 16.8 Å². The molecule has 1 aromatic carbocycles. The number of hydrogen-bond donors (Lipinski definition) is 3. The number of nitrogens with one attached hydrogen (secondary N) is 3. The Labute approximate surface area is 233 Å². The molecule has 1 aliphatic heterocycles. The van der Waals surface area contributed by atoms with Crippen molar-refractivity contribution in [2.75, 3.05) is 37.6 Å². The fourth-order valence-corrected chi connectivity index (χ4v) is 4.55. The average molecular weight is 556 g/mol. The number of fused-ring (bicyclic) bond motifs is 1. The number of nitrogens with zero attached hydrogens (tertiary/aromatic N) is 2. The number of halogens is 1. The van der Waals surface area contributed by atoms with E-state index in [0.29, 0.717) is 29.1 Å². The number of anilines is 1. The average Bonchev–Trinajstić information content (AvgIpc) is 3.30. The van der Waals surface area contributed by atoms with E-state index in [4.69, 9.17) is 4.74 Å². The third-order valence-electron chi connectivity index (χ3n) is 6.56. The van der Waals surface area contributed by atoms with Gasteiger partial charge in [-0.3, -0.25) is 14.4 Å². The highest BCUT2D eigenvalue weighted by Gasteiger charge is 2.37. The van der Waals surface area contributed by atoms with Crippen LogP contribution in [-0.4, -0.2) is 72.0 Å². The van der Waals surface area contributed by atoms with E-state index in [1.807, 2.05) is 0 Å². The Bertz CT molecular complexity index is 1340. The molecule has 0 bridgehead atoms. The second-order valence-corrected chi connectivity index (χ2v) is 10.6. The maximum absolute atomic E-state index is 14.2. The summed E-state index contributed by atoms with van der Waals surface area (Å²) < 4.78 is 19.4. The first kappa shape index (κ1) is 30.6. The minimum absolute atomic E-state index is 0.0814. The smallest absolute Gasteiger partial charge is 0.408 e. The van der Waals surface area contributed by atoms with Gasteiger partial charge in [-0.1, -0.05) is 13.8 Å². The molecule has 1 aliphatic rings. The van der Waals surface area contributed by atoms with Gasteiger partial charge in [0.15, 0.2) is 0 Å². The number of rotatable bonds is 9. The van der Waals surface area contributed by atoms with Crippen molar-refractivity contribution in [3.63, 3.8) is 0 Å². The molecular weight excluding hydrogens is 517 g/mol. The number of H-pyrrole nitrogens is 1. The van der Waals surface area contributed by atoms with Crippen molar-refractivity contribution in [2.24, 2.45) is 0 Å². The summed E-state index contributed by atoms with van der Waals surface area (Å²) in [6.07, 6.45) is 0.715. The van der Waals surface area contributed by atoms with E-state index in [1.165, 1.54) is 18.2 Å². The quantitative estimate of drug-likeness (QED) is 0.405. The number of amides is 4. The van der Waals surface area contributed by atoms with E-state index >= 15 is 0 Å². The summed E-state index contributed by atoms with van der Waals surface area (Å²) in [5.41, 5.74) is 1.94. The summed E-state index contributed by atoms with van der Waals surface area (Å²) in [6, 6.07) is 3.68. The normalized spacial score (nSPS) is 14.1. The van der Waals surface area contributed by atoms with Crippen LogP contribution in [-0.2, 0) is 14.3 Å². The van der Waals surface area contributed by atoms with Crippen LogP contribution < -0.4 is 15.5 Å². The zero-order valence-electron chi connectivity index (χ0n) is 24.2. The van der Waals surface area contributed by atoms with Gasteiger partial charge >= 0.3 is 6.09 Å². The molecule has 11 heteroatoms. The van der Waals surface area contributed by atoms with Crippen molar-refractivity contribution in [3.05, 3.63) is 52.1 Å². The monoisotopic (exact) mass is 555 g/mol. The molecule has 0 aliphatic carbocycles. The van der Waals surface area contributed by atoms with Gasteiger partial charge in [0.25, 0.3) is 17.7 Å². The van der Waals surface area contributed by atoms with Crippen LogP contribution in [0.2, 0.25) is 0 Å². The van der Waals surface area contributed by atoms with Gasteiger partial charge in [0.1, 0.15) is 18.0 Å². The SMILES string of the molecule is CCN(CC)CCNC(=O)c1c(C)[nH]c(C=C2C(=O)N(C(=O)CNC(=O)OC(C)(C)C)c3ccc(F)cc32)c1C. The first-order valence-corrected chi connectivity index (χ1v) is 13.3. The molecule has 0 saturated carbocycles. The molecular formula is C29H38FN5O5. The molecule has 3 rings (SSSR count). The van der Waals surface area contributed by atoms with E-state index in [1.54, 1.807) is 34.6 Å². The molecule has 10 nitrogen and oxygen atoms in total. The van der Waals surface area contributed by atoms with E-state index in [2.05, 4.69) is 34.4 Å². The van der Waals surface area contributed by atoms with Gasteiger partial charge in [0, 0.05) is 30.0 Å². The number of imide groups is 1. The van der Waals surface area contributed by atoms with Crippen LogP contribution in [0.15, 0.2) is 18.2 Å². The van der Waals surface area contributed by atoms with Crippen LogP contribution in [0.5, 0.6) is 0 Å². The lowest BCUT2D eigenvalue weighted by atomic mass is 10.0. The lowest BCUT2D eigenvalue weighted by Gasteiger charge is -2.20. The van der Waals surface area contributed by atoms with Crippen LogP contribution in [0, 0.1) is 19.7 Å². The van der Waals surface area contributed by atoms with Crippen LogP contribution in [0.1, 0.15) is 67.5 Å². The Morgan fingerprint density at radius 2 is 1.80 bits per heavy atom. The molecule has 3 N–H and O–H groups in total. The standard InChI is InChI=1S/C29H38FN5O5/c1-8-34(9-2)13-12-31-26(37)25-17(3)22(33-18(25)4)15-21-20-14-19(30)10-11-23(20)35(27(21)38)24(36)16-32-28(39)40-29(5,6)7/h10-11,14-15,33H,8-9,12-13,16H2,1-7H3,(H,31,37)(H,32,39).